The summed E-state index contributed by atoms with van der Waals surface area (Å²) in [6.07, 6.45) is 3.20. The number of nitrogens with zero attached hydrogens (tertiary/aromatic N) is 4. The molecule has 3 heterocycles. The van der Waals surface area contributed by atoms with Gasteiger partial charge in [-0.2, -0.15) is 0 Å². The molecule has 0 spiro atoms. The number of carbonyl (C=O) groups excluding carboxylic acids is 1. The molecule has 0 atom stereocenters. The minimum atomic E-state index is -0.207. The van der Waals surface area contributed by atoms with Gasteiger partial charge in [-0.05, 0) is 24.3 Å². The maximum Gasteiger partial charge on any atom is 0.259 e. The van der Waals surface area contributed by atoms with Gasteiger partial charge >= 0.3 is 0 Å². The van der Waals surface area contributed by atoms with Gasteiger partial charge in [0.1, 0.15) is 0 Å². The molecule has 0 aliphatic carbocycles. The zero-order chi connectivity index (χ0) is 17.8. The van der Waals surface area contributed by atoms with E-state index in [9.17, 15) is 4.79 Å². The number of hydrogen-bond acceptors (Lipinski definition) is 5. The van der Waals surface area contributed by atoms with Gasteiger partial charge < -0.3 is 9.30 Å². The van der Waals surface area contributed by atoms with Crippen molar-refractivity contribution >= 4 is 22.9 Å². The van der Waals surface area contributed by atoms with E-state index in [1.165, 1.54) is 0 Å². The summed E-state index contributed by atoms with van der Waals surface area (Å²) in [6.45, 7) is 5.06. The minimum Gasteiger partial charge on any atom is -0.379 e. The predicted octanol–water partition coefficient (Wildman–Crippen LogP) is 2.02. The van der Waals surface area contributed by atoms with Gasteiger partial charge in [-0.1, -0.05) is 12.1 Å². The highest BCUT2D eigenvalue weighted by Crippen LogP contribution is 2.20. The number of anilines is 1. The molecule has 1 aliphatic rings. The molecule has 134 valence electrons. The fourth-order valence-electron chi connectivity index (χ4n) is 3.13. The molecular formula is C19H21N5O2. The zero-order valence-corrected chi connectivity index (χ0v) is 14.5. The SMILES string of the molecule is O=C(Nc1nc2ccccc2n1CCN1CCOCC1)c1cccnc1. The van der Waals surface area contributed by atoms with Gasteiger partial charge in [0.15, 0.2) is 0 Å². The number of nitrogens with one attached hydrogen (secondary N) is 1. The highest BCUT2D eigenvalue weighted by atomic mass is 16.5. The van der Waals surface area contributed by atoms with E-state index in [-0.39, 0.29) is 5.91 Å². The lowest BCUT2D eigenvalue weighted by atomic mass is 10.3. The van der Waals surface area contributed by atoms with E-state index in [0.717, 1.165) is 50.4 Å². The highest BCUT2D eigenvalue weighted by Gasteiger charge is 2.16. The van der Waals surface area contributed by atoms with Crippen LogP contribution < -0.4 is 5.32 Å². The van der Waals surface area contributed by atoms with Crippen LogP contribution in [0.4, 0.5) is 5.95 Å². The third kappa shape index (κ3) is 3.58. The molecule has 0 radical (unpaired) electrons. The number of aromatic nitrogens is 3. The molecule has 7 heteroatoms. The Morgan fingerprint density at radius 3 is 2.77 bits per heavy atom. The molecule has 1 aromatic carbocycles. The lowest BCUT2D eigenvalue weighted by Gasteiger charge is -2.26. The molecular weight excluding hydrogens is 330 g/mol. The van der Waals surface area contributed by atoms with Crippen LogP contribution in [0.15, 0.2) is 48.8 Å². The Balaban J connectivity index is 1.57. The third-order valence-electron chi connectivity index (χ3n) is 4.55. The lowest BCUT2D eigenvalue weighted by Crippen LogP contribution is -2.38. The molecule has 1 saturated heterocycles. The van der Waals surface area contributed by atoms with E-state index in [2.05, 4.69) is 24.8 Å². The van der Waals surface area contributed by atoms with Crippen LogP contribution in [0.1, 0.15) is 10.4 Å². The van der Waals surface area contributed by atoms with Crippen LogP contribution in [0.25, 0.3) is 11.0 Å². The van der Waals surface area contributed by atoms with Crippen molar-refractivity contribution in [3.05, 3.63) is 54.4 Å². The summed E-state index contributed by atoms with van der Waals surface area (Å²) in [5.74, 6) is 0.356. The van der Waals surface area contributed by atoms with Crippen LogP contribution in [0.3, 0.4) is 0 Å². The van der Waals surface area contributed by atoms with Crippen molar-refractivity contribution in [3.63, 3.8) is 0 Å². The fourth-order valence-corrected chi connectivity index (χ4v) is 3.13. The van der Waals surface area contributed by atoms with Crippen LogP contribution in [-0.4, -0.2) is 58.2 Å². The number of imidazole rings is 1. The number of ether oxygens (including phenoxy) is 1. The molecule has 7 nitrogen and oxygen atoms in total. The van der Waals surface area contributed by atoms with Gasteiger partial charge in [-0.15, -0.1) is 0 Å². The van der Waals surface area contributed by atoms with Crippen LogP contribution in [0.2, 0.25) is 0 Å². The zero-order valence-electron chi connectivity index (χ0n) is 14.5. The second kappa shape index (κ2) is 7.63. The lowest BCUT2D eigenvalue weighted by molar-refractivity contribution is 0.0366. The monoisotopic (exact) mass is 351 g/mol. The van der Waals surface area contributed by atoms with E-state index in [0.29, 0.717) is 11.5 Å². The van der Waals surface area contributed by atoms with Gasteiger partial charge in [0, 0.05) is 38.6 Å². The van der Waals surface area contributed by atoms with Crippen LogP contribution in [0, 0.1) is 0 Å². The van der Waals surface area contributed by atoms with E-state index >= 15 is 0 Å². The number of para-hydroxylation sites is 2. The van der Waals surface area contributed by atoms with Gasteiger partial charge in [0.05, 0.1) is 29.8 Å². The average Bonchev–Trinajstić information content (AvgIpc) is 3.05. The maximum atomic E-state index is 12.5. The Labute approximate surface area is 151 Å². The van der Waals surface area contributed by atoms with Gasteiger partial charge in [-0.3, -0.25) is 20.0 Å². The molecule has 1 amide bonds. The summed E-state index contributed by atoms with van der Waals surface area (Å²) in [4.78, 5) is 23.5. The first-order valence-corrected chi connectivity index (χ1v) is 8.78. The molecule has 1 aliphatic heterocycles. The third-order valence-corrected chi connectivity index (χ3v) is 4.55. The number of rotatable bonds is 5. The molecule has 0 bridgehead atoms. The maximum absolute atomic E-state index is 12.5. The highest BCUT2D eigenvalue weighted by molar-refractivity contribution is 6.03. The van der Waals surface area contributed by atoms with Crippen molar-refractivity contribution in [3.8, 4) is 0 Å². The number of fused-ring (bicyclic) bond motifs is 1. The van der Waals surface area contributed by atoms with Gasteiger partial charge in [0.2, 0.25) is 5.95 Å². The normalized spacial score (nSPS) is 15.2. The molecule has 1 N–H and O–H groups in total. The van der Waals surface area contributed by atoms with Crippen LogP contribution in [-0.2, 0) is 11.3 Å². The second-order valence-electron chi connectivity index (χ2n) is 6.23. The Morgan fingerprint density at radius 2 is 1.96 bits per heavy atom. The Hall–Kier alpha value is -2.77. The second-order valence-corrected chi connectivity index (χ2v) is 6.23. The van der Waals surface area contributed by atoms with Crippen molar-refractivity contribution in [1.29, 1.82) is 0 Å². The number of hydrogen-bond donors (Lipinski definition) is 1. The van der Waals surface area contributed by atoms with E-state index in [1.807, 2.05) is 24.3 Å². The molecule has 2 aromatic heterocycles. The molecule has 1 fully saturated rings. The number of amides is 1. The molecule has 26 heavy (non-hydrogen) atoms. The van der Waals surface area contributed by atoms with E-state index in [1.54, 1.807) is 24.5 Å². The van der Waals surface area contributed by atoms with Crippen molar-refractivity contribution in [2.45, 2.75) is 6.54 Å². The first-order chi connectivity index (χ1) is 12.8. The van der Waals surface area contributed by atoms with Crippen molar-refractivity contribution in [1.82, 2.24) is 19.4 Å². The van der Waals surface area contributed by atoms with Crippen LogP contribution >= 0.6 is 0 Å². The predicted molar refractivity (Wildman–Crippen MR) is 99.2 cm³/mol. The first-order valence-electron chi connectivity index (χ1n) is 8.78. The number of carbonyl (C=O) groups is 1. The average molecular weight is 351 g/mol. The minimum absolute atomic E-state index is 0.207. The van der Waals surface area contributed by atoms with Crippen molar-refractivity contribution < 1.29 is 9.53 Å². The van der Waals surface area contributed by atoms with Crippen LogP contribution in [0.5, 0.6) is 0 Å². The Morgan fingerprint density at radius 1 is 1.12 bits per heavy atom. The van der Waals surface area contributed by atoms with Gasteiger partial charge in [-0.25, -0.2) is 4.98 Å². The van der Waals surface area contributed by atoms with Crippen molar-refractivity contribution in [2.24, 2.45) is 0 Å². The number of benzene rings is 1. The first kappa shape index (κ1) is 16.7. The van der Waals surface area contributed by atoms with E-state index in [4.69, 9.17) is 4.74 Å². The smallest absolute Gasteiger partial charge is 0.259 e. The molecule has 0 saturated carbocycles. The summed E-state index contributed by atoms with van der Waals surface area (Å²) in [7, 11) is 0. The quantitative estimate of drug-likeness (QED) is 0.761. The Bertz CT molecular complexity index is 887. The van der Waals surface area contributed by atoms with Crippen molar-refractivity contribution in [2.75, 3.05) is 38.2 Å². The standard InChI is InChI=1S/C19H21N5O2/c25-18(15-4-3-7-20-14-15)22-19-21-16-5-1-2-6-17(16)24(19)9-8-23-10-12-26-13-11-23/h1-7,14H,8-13H2,(H,21,22,25). The largest absolute Gasteiger partial charge is 0.379 e. The summed E-state index contributed by atoms with van der Waals surface area (Å²) in [6, 6.07) is 11.4. The molecule has 4 rings (SSSR count). The summed E-state index contributed by atoms with van der Waals surface area (Å²) >= 11 is 0. The van der Waals surface area contributed by atoms with E-state index < -0.39 is 0 Å². The topological polar surface area (TPSA) is 72.3 Å². The number of pyridine rings is 1. The summed E-state index contributed by atoms with van der Waals surface area (Å²) < 4.78 is 7.48. The fraction of sp³-hybridized carbons (Fsp3) is 0.316. The molecule has 3 aromatic rings. The number of morpholine rings is 1. The summed E-state index contributed by atoms with van der Waals surface area (Å²) in [5, 5.41) is 2.93. The Kier molecular flexibility index (Phi) is 4.90. The van der Waals surface area contributed by atoms with Gasteiger partial charge in [0.25, 0.3) is 5.91 Å². The summed E-state index contributed by atoms with van der Waals surface area (Å²) in [5.41, 5.74) is 2.40. The molecule has 0 unspecified atom stereocenters.